The molecule has 0 bridgehead atoms. The molecule has 1 aromatic carbocycles. The lowest BCUT2D eigenvalue weighted by molar-refractivity contribution is 0.0297. The van der Waals surface area contributed by atoms with E-state index in [1.165, 1.54) is 18.7 Å². The molecule has 0 atom stereocenters. The van der Waals surface area contributed by atoms with Crippen molar-refractivity contribution in [2.45, 2.75) is 6.54 Å². The molecular formula is C18H27N3O3. The Morgan fingerprint density at radius 2 is 1.42 bits per heavy atom. The maximum Gasteiger partial charge on any atom is 0.231 e. The minimum absolute atomic E-state index is 0.348. The first kappa shape index (κ1) is 16.1. The third kappa shape index (κ3) is 4.00. The Morgan fingerprint density at radius 3 is 2.21 bits per heavy atom. The summed E-state index contributed by atoms with van der Waals surface area (Å²) in [6.45, 7) is 12.2. The maximum absolute atomic E-state index is 5.47. The molecule has 0 N–H and O–H groups in total. The van der Waals surface area contributed by atoms with Gasteiger partial charge in [0.15, 0.2) is 11.5 Å². The predicted molar refractivity (Wildman–Crippen MR) is 91.5 cm³/mol. The Labute approximate surface area is 143 Å². The Morgan fingerprint density at radius 1 is 0.750 bits per heavy atom. The third-order valence-corrected chi connectivity index (χ3v) is 5.14. The van der Waals surface area contributed by atoms with Gasteiger partial charge in [-0.3, -0.25) is 14.7 Å². The van der Waals surface area contributed by atoms with Crippen molar-refractivity contribution in [2.24, 2.45) is 0 Å². The van der Waals surface area contributed by atoms with E-state index in [9.17, 15) is 0 Å². The molecule has 3 aliphatic heterocycles. The monoisotopic (exact) mass is 333 g/mol. The van der Waals surface area contributed by atoms with Gasteiger partial charge in [0.05, 0.1) is 13.2 Å². The molecule has 24 heavy (non-hydrogen) atoms. The van der Waals surface area contributed by atoms with E-state index in [0.29, 0.717) is 6.79 Å². The molecule has 0 saturated carbocycles. The summed E-state index contributed by atoms with van der Waals surface area (Å²) in [5, 5.41) is 0. The molecule has 3 heterocycles. The largest absolute Gasteiger partial charge is 0.454 e. The van der Waals surface area contributed by atoms with E-state index in [1.54, 1.807) is 0 Å². The van der Waals surface area contributed by atoms with Crippen LogP contribution in [0.2, 0.25) is 0 Å². The molecule has 0 aromatic heterocycles. The van der Waals surface area contributed by atoms with Crippen molar-refractivity contribution in [3.63, 3.8) is 0 Å². The summed E-state index contributed by atoms with van der Waals surface area (Å²) in [5.74, 6) is 1.75. The number of hydrogen-bond donors (Lipinski definition) is 0. The lowest BCUT2D eigenvalue weighted by Gasteiger charge is -2.36. The van der Waals surface area contributed by atoms with Crippen LogP contribution in [-0.4, -0.2) is 87.1 Å². The summed E-state index contributed by atoms with van der Waals surface area (Å²) < 4.78 is 16.3. The van der Waals surface area contributed by atoms with Crippen molar-refractivity contribution in [3.05, 3.63) is 23.8 Å². The minimum atomic E-state index is 0.348. The molecule has 0 amide bonds. The number of hydrogen-bond acceptors (Lipinski definition) is 6. The SMILES string of the molecule is c1cc2c(cc1CN1CCN(CCN3CCOCC3)CC1)OCO2. The molecule has 0 aliphatic carbocycles. The molecule has 2 saturated heterocycles. The summed E-state index contributed by atoms with van der Waals surface area (Å²) >= 11 is 0. The quantitative estimate of drug-likeness (QED) is 0.796. The lowest BCUT2D eigenvalue weighted by atomic mass is 10.1. The number of rotatable bonds is 5. The summed E-state index contributed by atoms with van der Waals surface area (Å²) in [7, 11) is 0. The number of morpholine rings is 1. The van der Waals surface area contributed by atoms with Gasteiger partial charge in [-0.2, -0.15) is 0 Å². The van der Waals surface area contributed by atoms with Crippen LogP contribution in [0.4, 0.5) is 0 Å². The highest BCUT2D eigenvalue weighted by Gasteiger charge is 2.19. The molecule has 2 fully saturated rings. The van der Waals surface area contributed by atoms with Crippen LogP contribution in [0, 0.1) is 0 Å². The molecule has 3 aliphatic rings. The smallest absolute Gasteiger partial charge is 0.231 e. The van der Waals surface area contributed by atoms with E-state index in [0.717, 1.165) is 70.5 Å². The first-order valence-corrected chi connectivity index (χ1v) is 9.00. The van der Waals surface area contributed by atoms with Crippen LogP contribution >= 0.6 is 0 Å². The van der Waals surface area contributed by atoms with Gasteiger partial charge in [0.1, 0.15) is 0 Å². The van der Waals surface area contributed by atoms with Crippen molar-refractivity contribution in [1.82, 2.24) is 14.7 Å². The van der Waals surface area contributed by atoms with Gasteiger partial charge in [0, 0.05) is 58.9 Å². The van der Waals surface area contributed by atoms with Crippen molar-refractivity contribution >= 4 is 0 Å². The summed E-state index contributed by atoms with van der Waals surface area (Å²) in [4.78, 5) is 7.64. The highest BCUT2D eigenvalue weighted by molar-refractivity contribution is 5.44. The van der Waals surface area contributed by atoms with Gasteiger partial charge in [-0.25, -0.2) is 0 Å². The average molecular weight is 333 g/mol. The summed E-state index contributed by atoms with van der Waals surface area (Å²) in [5.41, 5.74) is 1.31. The topological polar surface area (TPSA) is 37.4 Å². The Kier molecular flexibility index (Phi) is 5.18. The number of piperazine rings is 1. The highest BCUT2D eigenvalue weighted by Crippen LogP contribution is 2.32. The van der Waals surface area contributed by atoms with Gasteiger partial charge in [-0.05, 0) is 17.7 Å². The molecule has 132 valence electrons. The van der Waals surface area contributed by atoms with Gasteiger partial charge in [0.2, 0.25) is 6.79 Å². The molecule has 6 nitrogen and oxygen atoms in total. The van der Waals surface area contributed by atoms with E-state index in [2.05, 4.69) is 26.8 Å². The summed E-state index contributed by atoms with van der Waals surface area (Å²) in [6.07, 6.45) is 0. The number of nitrogens with zero attached hydrogens (tertiary/aromatic N) is 3. The van der Waals surface area contributed by atoms with E-state index >= 15 is 0 Å². The fraction of sp³-hybridized carbons (Fsp3) is 0.667. The fourth-order valence-corrected chi connectivity index (χ4v) is 3.58. The van der Waals surface area contributed by atoms with E-state index in [4.69, 9.17) is 14.2 Å². The standard InChI is InChI=1S/C18H27N3O3/c1-2-17-18(24-15-23-17)13-16(1)14-21-7-5-19(6-8-21)3-4-20-9-11-22-12-10-20/h1-2,13H,3-12,14-15H2. The molecule has 0 spiro atoms. The van der Waals surface area contributed by atoms with Crippen molar-refractivity contribution in [2.75, 3.05) is 72.4 Å². The van der Waals surface area contributed by atoms with Gasteiger partial charge >= 0.3 is 0 Å². The molecule has 1 aromatic rings. The lowest BCUT2D eigenvalue weighted by Crippen LogP contribution is -2.49. The zero-order valence-electron chi connectivity index (χ0n) is 14.3. The van der Waals surface area contributed by atoms with E-state index in [-0.39, 0.29) is 0 Å². The molecule has 0 unspecified atom stereocenters. The Hall–Kier alpha value is -1.34. The molecular weight excluding hydrogens is 306 g/mol. The van der Waals surface area contributed by atoms with Crippen molar-refractivity contribution < 1.29 is 14.2 Å². The number of benzene rings is 1. The average Bonchev–Trinajstić information content (AvgIpc) is 3.10. The second-order valence-corrected chi connectivity index (χ2v) is 6.76. The van der Waals surface area contributed by atoms with Crippen LogP contribution in [0.1, 0.15) is 5.56 Å². The van der Waals surface area contributed by atoms with Crippen LogP contribution in [0.3, 0.4) is 0 Å². The van der Waals surface area contributed by atoms with Gasteiger partial charge in [-0.15, -0.1) is 0 Å². The molecule has 0 radical (unpaired) electrons. The number of ether oxygens (including phenoxy) is 3. The van der Waals surface area contributed by atoms with E-state index < -0.39 is 0 Å². The second-order valence-electron chi connectivity index (χ2n) is 6.76. The van der Waals surface area contributed by atoms with Gasteiger partial charge in [0.25, 0.3) is 0 Å². The van der Waals surface area contributed by atoms with E-state index in [1.807, 2.05) is 6.07 Å². The van der Waals surface area contributed by atoms with Crippen LogP contribution in [0.25, 0.3) is 0 Å². The maximum atomic E-state index is 5.47. The second kappa shape index (κ2) is 7.70. The Bertz CT molecular complexity index is 540. The fourth-order valence-electron chi connectivity index (χ4n) is 3.58. The van der Waals surface area contributed by atoms with Gasteiger partial charge < -0.3 is 14.2 Å². The van der Waals surface area contributed by atoms with Crippen molar-refractivity contribution in [1.29, 1.82) is 0 Å². The number of fused-ring (bicyclic) bond motifs is 1. The Balaban J connectivity index is 1.20. The third-order valence-electron chi connectivity index (χ3n) is 5.14. The van der Waals surface area contributed by atoms with Crippen LogP contribution in [-0.2, 0) is 11.3 Å². The van der Waals surface area contributed by atoms with Crippen molar-refractivity contribution in [3.8, 4) is 11.5 Å². The van der Waals surface area contributed by atoms with Gasteiger partial charge in [-0.1, -0.05) is 6.07 Å². The molecule has 4 rings (SSSR count). The van der Waals surface area contributed by atoms with Crippen LogP contribution < -0.4 is 9.47 Å². The molecule has 6 heteroatoms. The summed E-state index contributed by atoms with van der Waals surface area (Å²) in [6, 6.07) is 6.29. The zero-order chi connectivity index (χ0) is 16.2. The first-order valence-electron chi connectivity index (χ1n) is 9.00. The highest BCUT2D eigenvalue weighted by atomic mass is 16.7. The predicted octanol–water partition coefficient (Wildman–Crippen LogP) is 0.865. The van der Waals surface area contributed by atoms with Crippen LogP contribution in [0.15, 0.2) is 18.2 Å². The van der Waals surface area contributed by atoms with Crippen LogP contribution in [0.5, 0.6) is 11.5 Å². The zero-order valence-corrected chi connectivity index (χ0v) is 14.3. The first-order chi connectivity index (χ1) is 11.9. The minimum Gasteiger partial charge on any atom is -0.454 e. The normalized spacial score (nSPS) is 22.8.